The van der Waals surface area contributed by atoms with Gasteiger partial charge in [-0.3, -0.25) is 9.78 Å². The summed E-state index contributed by atoms with van der Waals surface area (Å²) in [6.45, 7) is 4.23. The summed E-state index contributed by atoms with van der Waals surface area (Å²) in [5.74, 6) is -0.0143. The first-order valence-electron chi connectivity index (χ1n) is 8.53. The molecular formula is C20H18ClN3O2. The molecule has 1 saturated heterocycles. The fourth-order valence-electron chi connectivity index (χ4n) is 3.16. The van der Waals surface area contributed by atoms with E-state index in [-0.39, 0.29) is 5.91 Å². The highest BCUT2D eigenvalue weighted by Crippen LogP contribution is 2.30. The Morgan fingerprint density at radius 2 is 1.96 bits per heavy atom. The van der Waals surface area contributed by atoms with Crippen LogP contribution in [-0.2, 0) is 4.74 Å². The third-order valence-electron chi connectivity index (χ3n) is 4.62. The minimum atomic E-state index is -0.0143. The highest BCUT2D eigenvalue weighted by atomic mass is 35.5. The second-order valence-electron chi connectivity index (χ2n) is 6.24. The van der Waals surface area contributed by atoms with E-state index in [1.54, 1.807) is 6.20 Å². The van der Waals surface area contributed by atoms with Crippen LogP contribution in [-0.4, -0.2) is 47.1 Å². The number of pyridine rings is 2. The molecule has 1 aliphatic rings. The van der Waals surface area contributed by atoms with E-state index in [2.05, 4.69) is 4.98 Å². The number of ether oxygens (including phenoxy) is 1. The van der Waals surface area contributed by atoms with Crippen molar-refractivity contribution in [3.8, 4) is 11.4 Å². The van der Waals surface area contributed by atoms with Crippen LogP contribution in [0.15, 0.2) is 42.6 Å². The molecule has 0 saturated carbocycles. The van der Waals surface area contributed by atoms with Gasteiger partial charge in [0.2, 0.25) is 0 Å². The number of aryl methyl sites for hydroxylation is 1. The summed E-state index contributed by atoms with van der Waals surface area (Å²) < 4.78 is 5.37. The molecule has 3 aromatic rings. The van der Waals surface area contributed by atoms with Gasteiger partial charge in [0, 0.05) is 29.7 Å². The normalized spacial score (nSPS) is 14.6. The van der Waals surface area contributed by atoms with Crippen LogP contribution in [0.25, 0.3) is 22.3 Å². The first-order valence-corrected chi connectivity index (χ1v) is 8.91. The largest absolute Gasteiger partial charge is 0.378 e. The van der Waals surface area contributed by atoms with Gasteiger partial charge in [-0.15, -0.1) is 0 Å². The maximum atomic E-state index is 13.2. The Morgan fingerprint density at radius 3 is 2.69 bits per heavy atom. The van der Waals surface area contributed by atoms with E-state index in [9.17, 15) is 4.79 Å². The fraction of sp³-hybridized carbons (Fsp3) is 0.250. The number of benzene rings is 1. The SMILES string of the molecule is Cc1c(Cl)ccc2c(C(=O)N3CCOCC3)cc(-c3ccccn3)nc12. The van der Waals surface area contributed by atoms with Gasteiger partial charge in [-0.05, 0) is 36.8 Å². The van der Waals surface area contributed by atoms with E-state index in [0.29, 0.717) is 42.6 Å². The Balaban J connectivity index is 1.92. The van der Waals surface area contributed by atoms with Crippen LogP contribution in [0.2, 0.25) is 5.02 Å². The second-order valence-corrected chi connectivity index (χ2v) is 6.65. The topological polar surface area (TPSA) is 55.3 Å². The Kier molecular flexibility index (Phi) is 4.57. The van der Waals surface area contributed by atoms with Crippen molar-refractivity contribution in [1.82, 2.24) is 14.9 Å². The van der Waals surface area contributed by atoms with E-state index in [1.165, 1.54) is 0 Å². The fourth-order valence-corrected chi connectivity index (χ4v) is 3.32. The molecule has 0 spiro atoms. The predicted octanol–water partition coefficient (Wildman–Crippen LogP) is 3.73. The van der Waals surface area contributed by atoms with Crippen molar-refractivity contribution < 1.29 is 9.53 Å². The van der Waals surface area contributed by atoms with Gasteiger partial charge < -0.3 is 9.64 Å². The summed E-state index contributed by atoms with van der Waals surface area (Å²) in [6.07, 6.45) is 1.72. The molecule has 2 aromatic heterocycles. The number of hydrogen-bond acceptors (Lipinski definition) is 4. The van der Waals surface area contributed by atoms with Crippen molar-refractivity contribution in [2.45, 2.75) is 6.92 Å². The van der Waals surface area contributed by atoms with Gasteiger partial charge in [-0.25, -0.2) is 4.98 Å². The zero-order chi connectivity index (χ0) is 18.1. The van der Waals surface area contributed by atoms with Gasteiger partial charge in [-0.2, -0.15) is 0 Å². The minimum Gasteiger partial charge on any atom is -0.378 e. The molecule has 0 bridgehead atoms. The van der Waals surface area contributed by atoms with Gasteiger partial charge in [0.15, 0.2) is 0 Å². The Morgan fingerprint density at radius 1 is 1.15 bits per heavy atom. The predicted molar refractivity (Wildman–Crippen MR) is 101 cm³/mol. The zero-order valence-electron chi connectivity index (χ0n) is 14.4. The zero-order valence-corrected chi connectivity index (χ0v) is 15.2. The molecule has 1 fully saturated rings. The lowest BCUT2D eigenvalue weighted by molar-refractivity contribution is 0.0304. The molecule has 1 amide bonds. The van der Waals surface area contributed by atoms with E-state index in [1.807, 2.05) is 48.2 Å². The molecule has 1 aromatic carbocycles. The molecule has 0 aliphatic carbocycles. The number of carbonyl (C=O) groups is 1. The Labute approximate surface area is 156 Å². The average molecular weight is 368 g/mol. The summed E-state index contributed by atoms with van der Waals surface area (Å²) in [7, 11) is 0. The van der Waals surface area contributed by atoms with E-state index < -0.39 is 0 Å². The first kappa shape index (κ1) is 16.9. The van der Waals surface area contributed by atoms with E-state index in [4.69, 9.17) is 21.3 Å². The number of hydrogen-bond donors (Lipinski definition) is 0. The molecule has 0 radical (unpaired) electrons. The standard InChI is InChI=1S/C20H18ClN3O2/c1-13-16(21)6-5-14-15(20(25)24-8-10-26-11-9-24)12-18(23-19(13)14)17-4-2-3-7-22-17/h2-7,12H,8-11H2,1H3. The molecule has 132 valence electrons. The summed E-state index contributed by atoms with van der Waals surface area (Å²) in [5.41, 5.74) is 3.61. The van der Waals surface area contributed by atoms with Crippen molar-refractivity contribution in [2.75, 3.05) is 26.3 Å². The average Bonchev–Trinajstić information content (AvgIpc) is 2.71. The smallest absolute Gasteiger partial charge is 0.254 e. The van der Waals surface area contributed by atoms with Crippen LogP contribution in [0.4, 0.5) is 0 Å². The van der Waals surface area contributed by atoms with Crippen molar-refractivity contribution in [3.05, 3.63) is 58.7 Å². The van der Waals surface area contributed by atoms with Crippen LogP contribution in [0.5, 0.6) is 0 Å². The highest BCUT2D eigenvalue weighted by molar-refractivity contribution is 6.32. The number of fused-ring (bicyclic) bond motifs is 1. The molecule has 6 heteroatoms. The number of rotatable bonds is 2. The number of nitrogens with zero attached hydrogens (tertiary/aromatic N) is 3. The molecule has 0 N–H and O–H groups in total. The van der Waals surface area contributed by atoms with Gasteiger partial charge in [0.05, 0.1) is 35.7 Å². The van der Waals surface area contributed by atoms with E-state index in [0.717, 1.165) is 22.2 Å². The number of amides is 1. The molecule has 26 heavy (non-hydrogen) atoms. The molecule has 1 aliphatic heterocycles. The molecule has 0 atom stereocenters. The van der Waals surface area contributed by atoms with Crippen molar-refractivity contribution in [2.24, 2.45) is 0 Å². The molecule has 5 nitrogen and oxygen atoms in total. The third-order valence-corrected chi connectivity index (χ3v) is 5.03. The van der Waals surface area contributed by atoms with Crippen molar-refractivity contribution in [3.63, 3.8) is 0 Å². The van der Waals surface area contributed by atoms with E-state index >= 15 is 0 Å². The summed E-state index contributed by atoms with van der Waals surface area (Å²) in [6, 6.07) is 11.2. The van der Waals surface area contributed by atoms with Gasteiger partial charge in [-0.1, -0.05) is 23.7 Å². The summed E-state index contributed by atoms with van der Waals surface area (Å²) >= 11 is 6.30. The maximum absolute atomic E-state index is 13.2. The third kappa shape index (κ3) is 3.04. The lowest BCUT2D eigenvalue weighted by Gasteiger charge is -2.27. The monoisotopic (exact) mass is 367 g/mol. The maximum Gasteiger partial charge on any atom is 0.254 e. The Hall–Kier alpha value is -2.50. The molecule has 0 unspecified atom stereocenters. The van der Waals surface area contributed by atoms with Crippen molar-refractivity contribution in [1.29, 1.82) is 0 Å². The minimum absolute atomic E-state index is 0.0143. The van der Waals surface area contributed by atoms with Crippen LogP contribution in [0, 0.1) is 6.92 Å². The van der Waals surface area contributed by atoms with Crippen molar-refractivity contribution >= 4 is 28.4 Å². The lowest BCUT2D eigenvalue weighted by atomic mass is 10.0. The van der Waals surface area contributed by atoms with Gasteiger partial charge in [0.1, 0.15) is 0 Å². The first-order chi connectivity index (χ1) is 12.6. The molecule has 4 rings (SSSR count). The number of carbonyl (C=O) groups excluding carboxylic acids is 1. The van der Waals surface area contributed by atoms with Crippen LogP contribution in [0.3, 0.4) is 0 Å². The summed E-state index contributed by atoms with van der Waals surface area (Å²) in [4.78, 5) is 24.1. The number of morpholine rings is 1. The Bertz CT molecular complexity index is 970. The van der Waals surface area contributed by atoms with Crippen LogP contribution in [0.1, 0.15) is 15.9 Å². The number of halogens is 1. The molecule has 3 heterocycles. The summed E-state index contributed by atoms with van der Waals surface area (Å²) in [5, 5.41) is 1.44. The highest BCUT2D eigenvalue weighted by Gasteiger charge is 2.23. The quantitative estimate of drug-likeness (QED) is 0.692. The second kappa shape index (κ2) is 7.02. The molecular weight excluding hydrogens is 350 g/mol. The number of aromatic nitrogens is 2. The van der Waals surface area contributed by atoms with Crippen LogP contribution >= 0.6 is 11.6 Å². The lowest BCUT2D eigenvalue weighted by Crippen LogP contribution is -2.40. The van der Waals surface area contributed by atoms with Gasteiger partial charge >= 0.3 is 0 Å². The van der Waals surface area contributed by atoms with Gasteiger partial charge in [0.25, 0.3) is 5.91 Å². The van der Waals surface area contributed by atoms with Crippen LogP contribution < -0.4 is 0 Å².